The van der Waals surface area contributed by atoms with Crippen molar-refractivity contribution in [1.82, 2.24) is 24.8 Å². The number of fused-ring (bicyclic) bond motifs is 1. The van der Waals surface area contributed by atoms with E-state index in [1.54, 1.807) is 12.3 Å². The number of piperidine rings is 1. The molecule has 5 rings (SSSR count). The van der Waals surface area contributed by atoms with E-state index in [1.165, 1.54) is 12.8 Å². The summed E-state index contributed by atoms with van der Waals surface area (Å²) in [5, 5.41) is 8.51. The number of nitrogens with one attached hydrogen (secondary N) is 2. The highest BCUT2D eigenvalue weighted by Crippen LogP contribution is 2.31. The van der Waals surface area contributed by atoms with E-state index in [0.717, 1.165) is 47.7 Å². The first-order valence-electron chi connectivity index (χ1n) is 10.9. The lowest BCUT2D eigenvalue weighted by molar-refractivity contribution is 0.341. The lowest BCUT2D eigenvalue weighted by Gasteiger charge is -2.24. The van der Waals surface area contributed by atoms with Crippen LogP contribution >= 0.6 is 34.8 Å². The van der Waals surface area contributed by atoms with Gasteiger partial charge in [0.2, 0.25) is 5.95 Å². The summed E-state index contributed by atoms with van der Waals surface area (Å²) in [5.74, 6) is 1.85. The first kappa shape index (κ1) is 22.4. The van der Waals surface area contributed by atoms with Gasteiger partial charge in [0.1, 0.15) is 11.3 Å². The van der Waals surface area contributed by atoms with Gasteiger partial charge in [0, 0.05) is 18.7 Å². The molecule has 3 heterocycles. The molecule has 6 nitrogen and oxygen atoms in total. The first-order valence-corrected chi connectivity index (χ1v) is 12.1. The maximum atomic E-state index is 6.54. The minimum Gasteiger partial charge on any atom is -0.350 e. The fraction of sp³-hybridized carbons (Fsp3) is 0.292. The molecule has 9 heteroatoms. The van der Waals surface area contributed by atoms with Crippen LogP contribution < -0.4 is 10.6 Å². The SMILES string of the molecule is Clc1ccc(CNc2ncc3nc(-c4ccccc4Cl)n(C[C@@H]4CCCNC4)c3n2)cc1Cl. The number of benzene rings is 2. The quantitative estimate of drug-likeness (QED) is 0.336. The van der Waals surface area contributed by atoms with Crippen molar-refractivity contribution < 1.29 is 0 Å². The molecule has 1 aliphatic rings. The number of halogens is 3. The lowest BCUT2D eigenvalue weighted by Crippen LogP contribution is -2.32. The predicted octanol–water partition coefficient (Wildman–Crippen LogP) is 6.07. The summed E-state index contributed by atoms with van der Waals surface area (Å²) in [6.07, 6.45) is 4.10. The average Bonchev–Trinajstić information content (AvgIpc) is 3.18. The van der Waals surface area contributed by atoms with Gasteiger partial charge in [-0.3, -0.25) is 0 Å². The Morgan fingerprint density at radius 1 is 1.03 bits per heavy atom. The number of aromatic nitrogens is 4. The van der Waals surface area contributed by atoms with Gasteiger partial charge in [0.15, 0.2) is 5.65 Å². The molecule has 2 aromatic heterocycles. The second-order valence-corrected chi connectivity index (χ2v) is 9.46. The summed E-state index contributed by atoms with van der Waals surface area (Å²) >= 11 is 18.7. The van der Waals surface area contributed by atoms with Crippen molar-refractivity contribution >= 4 is 51.9 Å². The highest BCUT2D eigenvalue weighted by atomic mass is 35.5. The average molecular weight is 502 g/mol. The van der Waals surface area contributed by atoms with Gasteiger partial charge in [-0.05, 0) is 61.7 Å². The van der Waals surface area contributed by atoms with Gasteiger partial charge in [-0.15, -0.1) is 0 Å². The number of rotatable bonds is 6. The Hall–Kier alpha value is -2.38. The summed E-state index contributed by atoms with van der Waals surface area (Å²) in [6, 6.07) is 13.3. The number of hydrogen-bond acceptors (Lipinski definition) is 5. The fourth-order valence-electron chi connectivity index (χ4n) is 4.19. The molecule has 0 bridgehead atoms. The molecule has 33 heavy (non-hydrogen) atoms. The van der Waals surface area contributed by atoms with Crippen molar-refractivity contribution in [3.8, 4) is 11.4 Å². The molecule has 1 atom stereocenters. The van der Waals surface area contributed by atoms with Gasteiger partial charge in [0.05, 0.1) is 21.3 Å². The van der Waals surface area contributed by atoms with Gasteiger partial charge in [-0.1, -0.05) is 53.0 Å². The van der Waals surface area contributed by atoms with Crippen molar-refractivity contribution in [2.75, 3.05) is 18.4 Å². The second kappa shape index (κ2) is 9.85. The van der Waals surface area contributed by atoms with Gasteiger partial charge in [-0.2, -0.15) is 4.98 Å². The maximum Gasteiger partial charge on any atom is 0.225 e. The van der Waals surface area contributed by atoms with Gasteiger partial charge in [0.25, 0.3) is 0 Å². The third-order valence-corrected chi connectivity index (χ3v) is 6.95. The zero-order valence-electron chi connectivity index (χ0n) is 17.9. The van der Waals surface area contributed by atoms with Crippen LogP contribution in [0.15, 0.2) is 48.7 Å². The van der Waals surface area contributed by atoms with Crippen LogP contribution in [0.4, 0.5) is 5.95 Å². The largest absolute Gasteiger partial charge is 0.350 e. The second-order valence-electron chi connectivity index (χ2n) is 8.24. The molecular weight excluding hydrogens is 479 g/mol. The third-order valence-electron chi connectivity index (χ3n) is 5.88. The molecule has 2 aromatic carbocycles. The predicted molar refractivity (Wildman–Crippen MR) is 135 cm³/mol. The monoisotopic (exact) mass is 500 g/mol. The van der Waals surface area contributed by atoms with Crippen molar-refractivity contribution in [3.63, 3.8) is 0 Å². The van der Waals surface area contributed by atoms with Gasteiger partial charge in [-0.25, -0.2) is 9.97 Å². The molecule has 4 aromatic rings. The van der Waals surface area contributed by atoms with Crippen molar-refractivity contribution in [2.24, 2.45) is 5.92 Å². The molecule has 1 aliphatic heterocycles. The summed E-state index contributed by atoms with van der Waals surface area (Å²) in [7, 11) is 0. The zero-order valence-corrected chi connectivity index (χ0v) is 20.1. The van der Waals surface area contributed by atoms with E-state index < -0.39 is 0 Å². The maximum absolute atomic E-state index is 6.54. The van der Waals surface area contributed by atoms with E-state index in [4.69, 9.17) is 44.8 Å². The molecule has 0 unspecified atom stereocenters. The van der Waals surface area contributed by atoms with Crippen LogP contribution in [0.5, 0.6) is 0 Å². The summed E-state index contributed by atoms with van der Waals surface area (Å²) in [5.41, 5.74) is 3.42. The highest BCUT2D eigenvalue weighted by molar-refractivity contribution is 6.42. The van der Waals surface area contributed by atoms with E-state index in [0.29, 0.717) is 33.5 Å². The molecule has 0 spiro atoms. The van der Waals surface area contributed by atoms with Crippen LogP contribution in [0.1, 0.15) is 18.4 Å². The number of hydrogen-bond donors (Lipinski definition) is 2. The summed E-state index contributed by atoms with van der Waals surface area (Å²) in [4.78, 5) is 14.2. The van der Waals surface area contributed by atoms with E-state index in [9.17, 15) is 0 Å². The normalized spacial score (nSPS) is 16.3. The van der Waals surface area contributed by atoms with Crippen molar-refractivity contribution in [1.29, 1.82) is 0 Å². The molecule has 170 valence electrons. The molecule has 0 amide bonds. The Bertz CT molecular complexity index is 1280. The topological polar surface area (TPSA) is 67.7 Å². The minimum atomic E-state index is 0.500. The molecule has 1 saturated heterocycles. The Kier molecular flexibility index (Phi) is 6.69. The van der Waals surface area contributed by atoms with E-state index in [2.05, 4.69) is 20.2 Å². The Labute approximate surface area is 207 Å². The highest BCUT2D eigenvalue weighted by Gasteiger charge is 2.21. The van der Waals surface area contributed by atoms with Crippen LogP contribution in [0.2, 0.25) is 15.1 Å². The van der Waals surface area contributed by atoms with Crippen molar-refractivity contribution in [3.05, 3.63) is 69.3 Å². The molecule has 0 saturated carbocycles. The molecule has 1 fully saturated rings. The number of anilines is 1. The standard InChI is InChI=1S/C24H23Cl3N6/c25-18-6-2-1-5-17(18)22-31-21-13-30-24(29-12-15-7-8-19(26)20(27)10-15)32-23(21)33(22)14-16-4-3-9-28-11-16/h1-2,5-8,10,13,16,28H,3-4,9,11-12,14H2,(H,29,30,32)/t16-/m1/s1. The Balaban J connectivity index is 1.50. The molecule has 0 aliphatic carbocycles. The Morgan fingerprint density at radius 2 is 1.91 bits per heavy atom. The van der Waals surface area contributed by atoms with Gasteiger partial charge < -0.3 is 15.2 Å². The van der Waals surface area contributed by atoms with Crippen LogP contribution in [0.3, 0.4) is 0 Å². The summed E-state index contributed by atoms with van der Waals surface area (Å²) in [6.45, 7) is 3.40. The molecular formula is C24H23Cl3N6. The lowest BCUT2D eigenvalue weighted by atomic mass is 9.99. The molecule has 0 radical (unpaired) electrons. The van der Waals surface area contributed by atoms with Crippen LogP contribution in [0.25, 0.3) is 22.6 Å². The number of imidazole rings is 1. The minimum absolute atomic E-state index is 0.500. The molecule has 2 N–H and O–H groups in total. The summed E-state index contributed by atoms with van der Waals surface area (Å²) < 4.78 is 2.18. The van der Waals surface area contributed by atoms with E-state index in [-0.39, 0.29) is 0 Å². The van der Waals surface area contributed by atoms with Gasteiger partial charge >= 0.3 is 0 Å². The van der Waals surface area contributed by atoms with Crippen LogP contribution in [-0.2, 0) is 13.1 Å². The van der Waals surface area contributed by atoms with E-state index in [1.807, 2.05) is 36.4 Å². The first-order chi connectivity index (χ1) is 16.1. The number of nitrogens with zero attached hydrogens (tertiary/aromatic N) is 4. The van der Waals surface area contributed by atoms with Crippen LogP contribution in [-0.4, -0.2) is 32.6 Å². The van der Waals surface area contributed by atoms with Crippen LogP contribution in [0, 0.1) is 5.92 Å². The third kappa shape index (κ3) is 4.94. The zero-order chi connectivity index (χ0) is 22.8. The fourth-order valence-corrected chi connectivity index (χ4v) is 4.73. The smallest absolute Gasteiger partial charge is 0.225 e. The van der Waals surface area contributed by atoms with E-state index >= 15 is 0 Å². The van der Waals surface area contributed by atoms with Crippen molar-refractivity contribution in [2.45, 2.75) is 25.9 Å². The Morgan fingerprint density at radius 3 is 2.70 bits per heavy atom.